The summed E-state index contributed by atoms with van der Waals surface area (Å²) in [6, 6.07) is 22.1. The number of hydrogen-bond acceptors (Lipinski definition) is 4. The van der Waals surface area contributed by atoms with E-state index < -0.39 is 5.25 Å². The summed E-state index contributed by atoms with van der Waals surface area (Å²) in [6.07, 6.45) is -0.0340. The number of halogens is 2. The number of rotatable bonds is 6. The van der Waals surface area contributed by atoms with Crippen LogP contribution in [0.1, 0.15) is 12.0 Å². The van der Waals surface area contributed by atoms with Crippen molar-refractivity contribution in [2.45, 2.75) is 18.2 Å². The Morgan fingerprint density at radius 3 is 2.44 bits per heavy atom. The Morgan fingerprint density at radius 1 is 1.03 bits per heavy atom. The predicted molar refractivity (Wildman–Crippen MR) is 127 cm³/mol. The molecule has 1 atom stereocenters. The van der Waals surface area contributed by atoms with Gasteiger partial charge in [-0.1, -0.05) is 59.8 Å². The molecular weight excluding hydrogens is 449 g/mol. The van der Waals surface area contributed by atoms with E-state index in [4.69, 9.17) is 11.6 Å². The lowest BCUT2D eigenvalue weighted by molar-refractivity contribution is -0.128. The van der Waals surface area contributed by atoms with Crippen LogP contribution in [0.3, 0.4) is 0 Å². The minimum atomic E-state index is -0.625. The second-order valence-electron chi connectivity index (χ2n) is 7.11. The highest BCUT2D eigenvalue weighted by Crippen LogP contribution is 2.34. The second kappa shape index (κ2) is 9.97. The standard InChI is InChI=1S/C24H19ClFN3O2S/c25-20-9-5-4-6-16(20)15-29-23(31)21(32-24(29)28-18-7-2-1-3-8-18)14-22(30)27-19-12-10-17(26)11-13-19/h1-13,21H,14-15H2,(H,27,30)/t21-/m0/s1. The normalized spacial score (nSPS) is 17.1. The lowest BCUT2D eigenvalue weighted by Crippen LogP contribution is -2.33. The molecule has 8 heteroatoms. The van der Waals surface area contributed by atoms with Crippen molar-refractivity contribution in [1.82, 2.24) is 4.90 Å². The molecule has 1 fully saturated rings. The molecule has 0 aromatic heterocycles. The number of nitrogens with one attached hydrogen (secondary N) is 1. The molecule has 0 bridgehead atoms. The molecule has 0 saturated carbocycles. The Balaban J connectivity index is 1.54. The Labute approximate surface area is 194 Å². The summed E-state index contributed by atoms with van der Waals surface area (Å²) in [4.78, 5) is 31.9. The molecule has 3 aromatic carbocycles. The Morgan fingerprint density at radius 2 is 1.72 bits per heavy atom. The fourth-order valence-electron chi connectivity index (χ4n) is 3.19. The average molecular weight is 468 g/mol. The molecule has 0 spiro atoms. The Hall–Kier alpha value is -3.16. The number of para-hydroxylation sites is 1. The monoisotopic (exact) mass is 467 g/mol. The smallest absolute Gasteiger partial charge is 0.242 e. The first-order valence-corrected chi connectivity index (χ1v) is 11.2. The number of nitrogens with zero attached hydrogens (tertiary/aromatic N) is 2. The number of hydrogen-bond donors (Lipinski definition) is 1. The topological polar surface area (TPSA) is 61.8 Å². The van der Waals surface area contributed by atoms with Crippen molar-refractivity contribution in [3.05, 3.63) is 95.3 Å². The number of carbonyl (C=O) groups is 2. The molecule has 0 aliphatic carbocycles. The third kappa shape index (κ3) is 5.36. The predicted octanol–water partition coefficient (Wildman–Crippen LogP) is 5.64. The number of carbonyl (C=O) groups excluding carboxylic acids is 2. The van der Waals surface area contributed by atoms with Gasteiger partial charge in [-0.25, -0.2) is 9.38 Å². The van der Waals surface area contributed by atoms with Crippen LogP contribution in [0.2, 0.25) is 5.02 Å². The van der Waals surface area contributed by atoms with Crippen molar-refractivity contribution in [1.29, 1.82) is 0 Å². The number of amides is 2. The van der Waals surface area contributed by atoms with E-state index in [1.54, 1.807) is 11.0 Å². The molecule has 0 unspecified atom stereocenters. The van der Waals surface area contributed by atoms with Gasteiger partial charge in [0.2, 0.25) is 11.8 Å². The van der Waals surface area contributed by atoms with E-state index in [1.165, 1.54) is 36.0 Å². The van der Waals surface area contributed by atoms with E-state index >= 15 is 0 Å². The molecule has 1 heterocycles. The molecule has 1 saturated heterocycles. The molecule has 5 nitrogen and oxygen atoms in total. The molecule has 3 aromatic rings. The maximum Gasteiger partial charge on any atom is 0.242 e. The fourth-order valence-corrected chi connectivity index (χ4v) is 4.55. The first-order valence-electron chi connectivity index (χ1n) is 9.90. The van der Waals surface area contributed by atoms with Crippen molar-refractivity contribution >= 4 is 51.7 Å². The summed E-state index contributed by atoms with van der Waals surface area (Å²) in [6.45, 7) is 0.257. The highest BCUT2D eigenvalue weighted by atomic mass is 35.5. The summed E-state index contributed by atoms with van der Waals surface area (Å²) in [5.41, 5.74) is 1.97. The van der Waals surface area contributed by atoms with E-state index in [-0.39, 0.29) is 30.6 Å². The van der Waals surface area contributed by atoms with Crippen molar-refractivity contribution in [2.24, 2.45) is 4.99 Å². The lowest BCUT2D eigenvalue weighted by atomic mass is 10.2. The van der Waals surface area contributed by atoms with Gasteiger partial charge in [0.05, 0.1) is 12.2 Å². The van der Waals surface area contributed by atoms with Gasteiger partial charge in [-0.2, -0.15) is 0 Å². The van der Waals surface area contributed by atoms with E-state index in [0.717, 1.165) is 5.56 Å². The zero-order valence-corrected chi connectivity index (χ0v) is 18.4. The zero-order chi connectivity index (χ0) is 22.5. The van der Waals surface area contributed by atoms with Gasteiger partial charge in [0.1, 0.15) is 11.1 Å². The van der Waals surface area contributed by atoms with Gasteiger partial charge >= 0.3 is 0 Å². The van der Waals surface area contributed by atoms with Crippen LogP contribution in [0.5, 0.6) is 0 Å². The summed E-state index contributed by atoms with van der Waals surface area (Å²) >= 11 is 7.56. The summed E-state index contributed by atoms with van der Waals surface area (Å²) < 4.78 is 13.1. The molecule has 1 N–H and O–H groups in total. The minimum absolute atomic E-state index is 0.0340. The fraction of sp³-hybridized carbons (Fsp3) is 0.125. The zero-order valence-electron chi connectivity index (χ0n) is 16.9. The molecule has 1 aliphatic heterocycles. The van der Waals surface area contributed by atoms with Gasteiger partial charge in [-0.05, 0) is 48.0 Å². The van der Waals surface area contributed by atoms with Gasteiger partial charge in [0, 0.05) is 17.1 Å². The number of aliphatic imine (C=N–C) groups is 1. The van der Waals surface area contributed by atoms with Crippen LogP contribution < -0.4 is 5.32 Å². The average Bonchev–Trinajstić information content (AvgIpc) is 3.06. The number of amidine groups is 1. The summed E-state index contributed by atoms with van der Waals surface area (Å²) in [7, 11) is 0. The van der Waals surface area contributed by atoms with Gasteiger partial charge in [-0.15, -0.1) is 0 Å². The van der Waals surface area contributed by atoms with Crippen molar-refractivity contribution < 1.29 is 14.0 Å². The molecule has 4 rings (SSSR count). The molecule has 32 heavy (non-hydrogen) atoms. The van der Waals surface area contributed by atoms with Crippen molar-refractivity contribution in [3.63, 3.8) is 0 Å². The number of anilines is 1. The van der Waals surface area contributed by atoms with Crippen LogP contribution >= 0.6 is 23.4 Å². The van der Waals surface area contributed by atoms with Gasteiger partial charge in [0.25, 0.3) is 0 Å². The largest absolute Gasteiger partial charge is 0.326 e. The third-order valence-corrected chi connectivity index (χ3v) is 6.33. The first-order chi connectivity index (χ1) is 15.5. The molecule has 0 radical (unpaired) electrons. The number of benzene rings is 3. The maximum absolute atomic E-state index is 13.2. The molecular formula is C24H19ClFN3O2S. The quantitative estimate of drug-likeness (QED) is 0.510. The van der Waals surface area contributed by atoms with Crippen LogP contribution in [0.25, 0.3) is 0 Å². The molecule has 2 amide bonds. The van der Waals surface area contributed by atoms with Crippen molar-refractivity contribution in [3.8, 4) is 0 Å². The highest BCUT2D eigenvalue weighted by molar-refractivity contribution is 8.15. The number of thioether (sulfide) groups is 1. The van der Waals surface area contributed by atoms with E-state index in [2.05, 4.69) is 10.3 Å². The highest BCUT2D eigenvalue weighted by Gasteiger charge is 2.39. The van der Waals surface area contributed by atoms with Crippen molar-refractivity contribution in [2.75, 3.05) is 5.32 Å². The first kappa shape index (κ1) is 22.0. The Bertz CT molecular complexity index is 1160. The van der Waals surface area contributed by atoms with Crippen LogP contribution in [0.15, 0.2) is 83.9 Å². The van der Waals surface area contributed by atoms with Gasteiger partial charge < -0.3 is 5.32 Å². The summed E-state index contributed by atoms with van der Waals surface area (Å²) in [5.74, 6) is -0.929. The summed E-state index contributed by atoms with van der Waals surface area (Å²) in [5, 5.41) is 3.15. The maximum atomic E-state index is 13.2. The molecule has 162 valence electrons. The van der Waals surface area contributed by atoms with Crippen LogP contribution in [-0.2, 0) is 16.1 Å². The van der Waals surface area contributed by atoms with Crippen LogP contribution in [0.4, 0.5) is 15.8 Å². The SMILES string of the molecule is O=C(C[C@@H]1SC(=Nc2ccccc2)N(Cc2ccccc2Cl)C1=O)Nc1ccc(F)cc1. The second-order valence-corrected chi connectivity index (χ2v) is 8.69. The van der Waals surface area contributed by atoms with E-state index in [9.17, 15) is 14.0 Å². The van der Waals surface area contributed by atoms with Crippen LogP contribution in [0, 0.1) is 5.82 Å². The lowest BCUT2D eigenvalue weighted by Gasteiger charge is -2.17. The Kier molecular flexibility index (Phi) is 6.87. The van der Waals surface area contributed by atoms with Crippen LogP contribution in [-0.4, -0.2) is 27.1 Å². The van der Waals surface area contributed by atoms with Gasteiger partial charge in [-0.3, -0.25) is 14.5 Å². The van der Waals surface area contributed by atoms with E-state index in [0.29, 0.717) is 21.6 Å². The van der Waals surface area contributed by atoms with E-state index in [1.807, 2.05) is 48.5 Å². The molecule has 1 aliphatic rings. The third-order valence-electron chi connectivity index (χ3n) is 4.79. The van der Waals surface area contributed by atoms with Gasteiger partial charge in [0.15, 0.2) is 5.17 Å². The minimum Gasteiger partial charge on any atom is -0.326 e.